The minimum absolute atomic E-state index is 0.0802. The van der Waals surface area contributed by atoms with Gasteiger partial charge in [0, 0.05) is 23.7 Å². The van der Waals surface area contributed by atoms with Gasteiger partial charge < -0.3 is 15.2 Å². The van der Waals surface area contributed by atoms with Crippen molar-refractivity contribution in [2.24, 2.45) is 11.7 Å². The van der Waals surface area contributed by atoms with Crippen LogP contribution in [0.2, 0.25) is 5.02 Å². The van der Waals surface area contributed by atoms with Crippen LogP contribution in [-0.2, 0) is 0 Å². The molecule has 0 aliphatic carbocycles. The van der Waals surface area contributed by atoms with E-state index in [1.165, 1.54) is 0 Å². The van der Waals surface area contributed by atoms with Gasteiger partial charge in [0.15, 0.2) is 11.5 Å². The minimum atomic E-state index is 0.0802. The quantitative estimate of drug-likeness (QED) is 0.907. The predicted molar refractivity (Wildman–Crippen MR) is 86.3 cm³/mol. The van der Waals surface area contributed by atoms with Crippen molar-refractivity contribution in [3.8, 4) is 11.5 Å². The van der Waals surface area contributed by atoms with Gasteiger partial charge in [0.25, 0.3) is 0 Å². The summed E-state index contributed by atoms with van der Waals surface area (Å²) in [5, 5.41) is 0.723. The Morgan fingerprint density at radius 3 is 2.62 bits per heavy atom. The Balaban J connectivity index is 2.32. The van der Waals surface area contributed by atoms with Crippen LogP contribution in [0.1, 0.15) is 31.9 Å². The maximum absolute atomic E-state index is 6.48. The number of halogens is 1. The van der Waals surface area contributed by atoms with Gasteiger partial charge in [0.05, 0.1) is 13.2 Å². The first-order valence-corrected chi connectivity index (χ1v) is 7.78. The molecule has 21 heavy (non-hydrogen) atoms. The molecule has 1 aromatic rings. The number of methoxy groups -OCH3 is 1. The lowest BCUT2D eigenvalue weighted by molar-refractivity contribution is 0.229. The molecule has 0 radical (unpaired) electrons. The molecule has 5 heteroatoms. The summed E-state index contributed by atoms with van der Waals surface area (Å²) in [5.74, 6) is 1.94. The highest BCUT2D eigenvalue weighted by Gasteiger charge is 2.31. The lowest BCUT2D eigenvalue weighted by Crippen LogP contribution is -2.20. The van der Waals surface area contributed by atoms with Crippen LogP contribution in [0.25, 0.3) is 0 Å². The summed E-state index contributed by atoms with van der Waals surface area (Å²) in [7, 11) is 3.77. The second-order valence-electron chi connectivity index (χ2n) is 5.98. The molecule has 0 saturated carbocycles. The molecule has 4 nitrogen and oxygen atoms in total. The van der Waals surface area contributed by atoms with E-state index < -0.39 is 0 Å². The lowest BCUT2D eigenvalue weighted by Gasteiger charge is -2.23. The number of ether oxygens (including phenoxy) is 2. The summed E-state index contributed by atoms with van der Waals surface area (Å²) in [5.41, 5.74) is 6.89. The van der Waals surface area contributed by atoms with E-state index in [2.05, 4.69) is 11.9 Å². The molecule has 1 aliphatic heterocycles. The van der Waals surface area contributed by atoms with E-state index in [1.807, 2.05) is 26.0 Å². The highest BCUT2D eigenvalue weighted by atomic mass is 35.5. The van der Waals surface area contributed by atoms with Crippen LogP contribution in [0.3, 0.4) is 0 Å². The van der Waals surface area contributed by atoms with E-state index in [4.69, 9.17) is 26.8 Å². The van der Waals surface area contributed by atoms with Crippen LogP contribution < -0.4 is 15.2 Å². The van der Waals surface area contributed by atoms with Gasteiger partial charge in [-0.15, -0.1) is 0 Å². The molecule has 1 heterocycles. The number of benzene rings is 1. The van der Waals surface area contributed by atoms with Crippen molar-refractivity contribution in [3.05, 3.63) is 22.7 Å². The summed E-state index contributed by atoms with van der Waals surface area (Å²) < 4.78 is 11.2. The maximum atomic E-state index is 6.48. The molecule has 2 rings (SSSR count). The van der Waals surface area contributed by atoms with Crippen molar-refractivity contribution in [1.29, 1.82) is 0 Å². The largest absolute Gasteiger partial charge is 0.493 e. The van der Waals surface area contributed by atoms with Gasteiger partial charge in [-0.2, -0.15) is 0 Å². The van der Waals surface area contributed by atoms with Crippen molar-refractivity contribution in [2.75, 3.05) is 27.2 Å². The van der Waals surface area contributed by atoms with Gasteiger partial charge in [-0.25, -0.2) is 0 Å². The van der Waals surface area contributed by atoms with Gasteiger partial charge in [-0.1, -0.05) is 11.6 Å². The molecule has 0 bridgehead atoms. The summed E-state index contributed by atoms with van der Waals surface area (Å²) in [6.45, 7) is 5.68. The average molecular weight is 313 g/mol. The van der Waals surface area contributed by atoms with Crippen LogP contribution in [0.15, 0.2) is 12.1 Å². The molecule has 1 fully saturated rings. The summed E-state index contributed by atoms with van der Waals surface area (Å²) in [6, 6.07) is 4.15. The van der Waals surface area contributed by atoms with Crippen LogP contribution in [0.5, 0.6) is 11.5 Å². The first-order chi connectivity index (χ1) is 9.96. The zero-order valence-corrected chi connectivity index (χ0v) is 14.0. The first-order valence-electron chi connectivity index (χ1n) is 7.40. The lowest BCUT2D eigenvalue weighted by atomic mass is 9.99. The number of hydrogen-bond acceptors (Lipinski definition) is 4. The van der Waals surface area contributed by atoms with Crippen molar-refractivity contribution < 1.29 is 9.47 Å². The third-order valence-electron chi connectivity index (χ3n) is 3.97. The molecular formula is C16H25ClN2O2. The Kier molecular flexibility index (Phi) is 5.36. The number of nitrogens with zero attached hydrogens (tertiary/aromatic N) is 1. The van der Waals surface area contributed by atoms with Crippen LogP contribution >= 0.6 is 11.6 Å². The van der Waals surface area contributed by atoms with E-state index in [9.17, 15) is 0 Å². The van der Waals surface area contributed by atoms with Gasteiger partial charge >= 0.3 is 0 Å². The monoisotopic (exact) mass is 312 g/mol. The van der Waals surface area contributed by atoms with Crippen LogP contribution in [0, 0.1) is 5.92 Å². The molecule has 2 unspecified atom stereocenters. The van der Waals surface area contributed by atoms with Crippen LogP contribution in [-0.4, -0.2) is 38.3 Å². The van der Waals surface area contributed by atoms with Gasteiger partial charge in [-0.3, -0.25) is 4.90 Å². The highest BCUT2D eigenvalue weighted by Crippen LogP contribution is 2.42. The molecule has 2 atom stereocenters. The molecular weight excluding hydrogens is 288 g/mol. The number of nitrogens with two attached hydrogens (primary N) is 1. The van der Waals surface area contributed by atoms with E-state index in [0.29, 0.717) is 18.2 Å². The average Bonchev–Trinajstić information content (AvgIpc) is 2.79. The van der Waals surface area contributed by atoms with E-state index >= 15 is 0 Å². The summed E-state index contributed by atoms with van der Waals surface area (Å²) in [6.07, 6.45) is 1.11. The van der Waals surface area contributed by atoms with Crippen molar-refractivity contribution >= 4 is 11.6 Å². The Hall–Kier alpha value is -0.970. The van der Waals surface area contributed by atoms with Gasteiger partial charge in [0.1, 0.15) is 0 Å². The maximum Gasteiger partial charge on any atom is 0.163 e. The normalized spacial score (nSPS) is 22.8. The molecule has 0 spiro atoms. The zero-order chi connectivity index (χ0) is 15.6. The second-order valence-corrected chi connectivity index (χ2v) is 6.39. The summed E-state index contributed by atoms with van der Waals surface area (Å²) >= 11 is 6.48. The van der Waals surface area contributed by atoms with Crippen molar-refractivity contribution in [1.82, 2.24) is 4.90 Å². The Morgan fingerprint density at radius 2 is 2.10 bits per heavy atom. The number of hydrogen-bond donors (Lipinski definition) is 1. The molecule has 1 aromatic carbocycles. The van der Waals surface area contributed by atoms with E-state index in [-0.39, 0.29) is 12.1 Å². The Labute approximate surface area is 132 Å². The number of rotatable bonds is 5. The predicted octanol–water partition coefficient (Wildman–Crippen LogP) is 3.09. The molecule has 1 saturated heterocycles. The summed E-state index contributed by atoms with van der Waals surface area (Å²) in [4.78, 5) is 2.31. The third-order valence-corrected chi connectivity index (χ3v) is 4.30. The fourth-order valence-corrected chi connectivity index (χ4v) is 3.23. The number of likely N-dealkylation sites (tertiary alicyclic amines) is 1. The molecule has 0 amide bonds. The van der Waals surface area contributed by atoms with Gasteiger partial charge in [0.2, 0.25) is 0 Å². The fourth-order valence-electron chi connectivity index (χ4n) is 2.95. The van der Waals surface area contributed by atoms with Crippen molar-refractivity contribution in [3.63, 3.8) is 0 Å². The van der Waals surface area contributed by atoms with Gasteiger partial charge in [-0.05, 0) is 51.4 Å². The standard InChI is InChI=1S/C16H25ClN2O2/c1-10(2)21-16-7-13(17)12(6-15(16)20-4)14-5-11(8-18)9-19(14)3/h6-7,10-11,14H,5,8-9,18H2,1-4H3. The van der Waals surface area contributed by atoms with E-state index in [1.54, 1.807) is 7.11 Å². The molecule has 0 aromatic heterocycles. The third kappa shape index (κ3) is 3.62. The fraction of sp³-hybridized carbons (Fsp3) is 0.625. The highest BCUT2D eigenvalue weighted by molar-refractivity contribution is 6.31. The smallest absolute Gasteiger partial charge is 0.163 e. The Morgan fingerprint density at radius 1 is 1.38 bits per heavy atom. The molecule has 118 valence electrons. The van der Waals surface area contributed by atoms with Crippen molar-refractivity contribution in [2.45, 2.75) is 32.4 Å². The van der Waals surface area contributed by atoms with E-state index in [0.717, 1.165) is 29.3 Å². The Bertz CT molecular complexity index is 493. The second kappa shape index (κ2) is 6.86. The topological polar surface area (TPSA) is 47.7 Å². The zero-order valence-electron chi connectivity index (χ0n) is 13.2. The molecule has 1 aliphatic rings. The molecule has 2 N–H and O–H groups in total. The SMILES string of the molecule is COc1cc(C2CC(CN)CN2C)c(Cl)cc1OC(C)C. The first kappa shape index (κ1) is 16.4. The van der Waals surface area contributed by atoms with Crippen LogP contribution in [0.4, 0.5) is 0 Å². The minimum Gasteiger partial charge on any atom is -0.493 e.